The number of likely N-dealkylation sites (tertiary alicyclic amines) is 1. The zero-order chi connectivity index (χ0) is 15.3. The lowest BCUT2D eigenvalue weighted by Gasteiger charge is -2.25. The highest BCUT2D eigenvalue weighted by atomic mass is 16.4. The Hall–Kier alpha value is -1.26. The molecular weight excluding hydrogens is 256 g/mol. The van der Waals surface area contributed by atoms with Crippen LogP contribution in [0.2, 0.25) is 0 Å². The van der Waals surface area contributed by atoms with Crippen LogP contribution in [-0.2, 0) is 4.79 Å². The number of hydrogen-bond acceptors (Lipinski definition) is 2. The number of urea groups is 1. The summed E-state index contributed by atoms with van der Waals surface area (Å²) in [4.78, 5) is 25.1. The molecule has 5 nitrogen and oxygen atoms in total. The van der Waals surface area contributed by atoms with E-state index < -0.39 is 12.0 Å². The lowest BCUT2D eigenvalue weighted by Crippen LogP contribution is -2.50. The van der Waals surface area contributed by atoms with Crippen LogP contribution in [0.5, 0.6) is 0 Å². The van der Waals surface area contributed by atoms with Crippen LogP contribution in [0, 0.1) is 17.8 Å². The van der Waals surface area contributed by atoms with Gasteiger partial charge in [-0.3, -0.25) is 0 Å². The molecule has 1 aliphatic heterocycles. The molecule has 1 unspecified atom stereocenters. The summed E-state index contributed by atoms with van der Waals surface area (Å²) < 4.78 is 0. The van der Waals surface area contributed by atoms with Gasteiger partial charge in [0.2, 0.25) is 0 Å². The first-order valence-corrected chi connectivity index (χ1v) is 7.61. The Labute approximate surface area is 121 Å². The second-order valence-electron chi connectivity index (χ2n) is 6.43. The van der Waals surface area contributed by atoms with Gasteiger partial charge in [0, 0.05) is 13.1 Å². The van der Waals surface area contributed by atoms with E-state index in [-0.39, 0.29) is 11.9 Å². The Bertz CT molecular complexity index is 342. The average Bonchev–Trinajstić information content (AvgIpc) is 2.60. The molecule has 0 saturated carbocycles. The van der Waals surface area contributed by atoms with Crippen molar-refractivity contribution in [2.45, 2.75) is 53.0 Å². The van der Waals surface area contributed by atoms with Gasteiger partial charge in [0.15, 0.2) is 0 Å². The summed E-state index contributed by atoms with van der Waals surface area (Å²) in [5.74, 6) is 0.212. The fourth-order valence-electron chi connectivity index (χ4n) is 2.73. The number of hydrogen-bond donors (Lipinski definition) is 2. The van der Waals surface area contributed by atoms with Gasteiger partial charge in [-0.05, 0) is 37.0 Å². The molecular formula is C15H28N2O3. The van der Waals surface area contributed by atoms with E-state index >= 15 is 0 Å². The first kappa shape index (κ1) is 16.8. The predicted molar refractivity (Wildman–Crippen MR) is 78.5 cm³/mol. The van der Waals surface area contributed by atoms with E-state index in [4.69, 9.17) is 5.11 Å². The van der Waals surface area contributed by atoms with E-state index in [0.717, 1.165) is 32.4 Å². The Morgan fingerprint density at radius 1 is 1.15 bits per heavy atom. The first-order valence-electron chi connectivity index (χ1n) is 7.61. The summed E-state index contributed by atoms with van der Waals surface area (Å²) in [6.07, 6.45) is 3.15. The maximum atomic E-state index is 12.2. The minimum Gasteiger partial charge on any atom is -0.480 e. The van der Waals surface area contributed by atoms with Crippen LogP contribution in [0.4, 0.5) is 4.79 Å². The third-order valence-corrected chi connectivity index (χ3v) is 4.21. The Balaban J connectivity index is 2.57. The van der Waals surface area contributed by atoms with Gasteiger partial charge in [-0.2, -0.15) is 0 Å². The molecule has 2 atom stereocenters. The Morgan fingerprint density at radius 2 is 1.80 bits per heavy atom. The van der Waals surface area contributed by atoms with Gasteiger partial charge in [-0.15, -0.1) is 0 Å². The molecule has 0 aliphatic carbocycles. The van der Waals surface area contributed by atoms with Crippen molar-refractivity contribution in [2.24, 2.45) is 17.8 Å². The molecule has 0 bridgehead atoms. The zero-order valence-corrected chi connectivity index (χ0v) is 13.1. The molecule has 1 fully saturated rings. The smallest absolute Gasteiger partial charge is 0.326 e. The molecule has 2 N–H and O–H groups in total. The van der Waals surface area contributed by atoms with Crippen molar-refractivity contribution in [3.63, 3.8) is 0 Å². The van der Waals surface area contributed by atoms with Crippen LogP contribution in [0.15, 0.2) is 0 Å². The van der Waals surface area contributed by atoms with Crippen molar-refractivity contribution in [1.29, 1.82) is 0 Å². The maximum Gasteiger partial charge on any atom is 0.326 e. The number of carbonyl (C=O) groups excluding carboxylic acids is 1. The summed E-state index contributed by atoms with van der Waals surface area (Å²) in [6.45, 7) is 9.49. The SMILES string of the molecule is CC(C)C1CCCN(C(=O)N[C@@H](C(=O)O)C(C)C)CC1. The summed E-state index contributed by atoms with van der Waals surface area (Å²) in [7, 11) is 0. The van der Waals surface area contributed by atoms with E-state index in [1.54, 1.807) is 18.7 Å². The number of carboxylic acid groups (broad SMARTS) is 1. The average molecular weight is 284 g/mol. The minimum absolute atomic E-state index is 0.119. The number of amides is 2. The molecule has 116 valence electrons. The van der Waals surface area contributed by atoms with Crippen LogP contribution in [0.3, 0.4) is 0 Å². The lowest BCUT2D eigenvalue weighted by molar-refractivity contribution is -0.140. The first-order chi connectivity index (χ1) is 9.32. The number of aliphatic carboxylic acids is 1. The Kier molecular flexibility index (Phi) is 6.30. The normalized spacial score (nSPS) is 21.7. The number of nitrogens with zero attached hydrogens (tertiary/aromatic N) is 1. The van der Waals surface area contributed by atoms with Crippen LogP contribution < -0.4 is 5.32 Å². The minimum atomic E-state index is -0.969. The summed E-state index contributed by atoms with van der Waals surface area (Å²) in [5, 5.41) is 11.8. The van der Waals surface area contributed by atoms with Crippen LogP contribution >= 0.6 is 0 Å². The van der Waals surface area contributed by atoms with Crippen molar-refractivity contribution in [1.82, 2.24) is 10.2 Å². The fourth-order valence-corrected chi connectivity index (χ4v) is 2.73. The second kappa shape index (κ2) is 7.50. The topological polar surface area (TPSA) is 69.6 Å². The van der Waals surface area contributed by atoms with Crippen LogP contribution in [0.1, 0.15) is 47.0 Å². The van der Waals surface area contributed by atoms with Crippen molar-refractivity contribution >= 4 is 12.0 Å². The molecule has 5 heteroatoms. The molecule has 1 rings (SSSR count). The van der Waals surface area contributed by atoms with Gasteiger partial charge >= 0.3 is 12.0 Å². The van der Waals surface area contributed by atoms with Gasteiger partial charge in [-0.1, -0.05) is 27.7 Å². The van der Waals surface area contributed by atoms with Crippen molar-refractivity contribution in [2.75, 3.05) is 13.1 Å². The molecule has 0 spiro atoms. The highest BCUT2D eigenvalue weighted by Crippen LogP contribution is 2.24. The zero-order valence-electron chi connectivity index (χ0n) is 13.1. The van der Waals surface area contributed by atoms with Crippen LogP contribution in [-0.4, -0.2) is 41.1 Å². The highest BCUT2D eigenvalue weighted by Gasteiger charge is 2.27. The molecule has 2 amide bonds. The molecule has 1 saturated heterocycles. The van der Waals surface area contributed by atoms with Crippen molar-refractivity contribution in [3.8, 4) is 0 Å². The van der Waals surface area contributed by atoms with Crippen molar-refractivity contribution < 1.29 is 14.7 Å². The highest BCUT2D eigenvalue weighted by molar-refractivity contribution is 5.82. The number of rotatable bonds is 4. The molecule has 1 heterocycles. The molecule has 1 aliphatic rings. The van der Waals surface area contributed by atoms with Gasteiger partial charge in [0.05, 0.1) is 0 Å². The third-order valence-electron chi connectivity index (χ3n) is 4.21. The standard InChI is InChI=1S/C15H28N2O3/c1-10(2)12-6-5-8-17(9-7-12)15(20)16-13(11(3)4)14(18)19/h10-13H,5-9H2,1-4H3,(H,16,20)(H,18,19)/t12?,13-/m1/s1. The van der Waals surface area contributed by atoms with E-state index in [2.05, 4.69) is 19.2 Å². The summed E-state index contributed by atoms with van der Waals surface area (Å²) in [5.41, 5.74) is 0. The number of carbonyl (C=O) groups is 2. The van der Waals surface area contributed by atoms with E-state index in [9.17, 15) is 9.59 Å². The predicted octanol–water partition coefficient (Wildman–Crippen LogP) is 2.56. The fraction of sp³-hybridized carbons (Fsp3) is 0.867. The van der Waals surface area contributed by atoms with Crippen LogP contribution in [0.25, 0.3) is 0 Å². The quantitative estimate of drug-likeness (QED) is 0.833. The lowest BCUT2D eigenvalue weighted by atomic mass is 9.89. The molecule has 0 aromatic rings. The maximum absolute atomic E-state index is 12.2. The van der Waals surface area contributed by atoms with E-state index in [1.165, 1.54) is 0 Å². The van der Waals surface area contributed by atoms with Gasteiger partial charge in [0.1, 0.15) is 6.04 Å². The second-order valence-corrected chi connectivity index (χ2v) is 6.43. The summed E-state index contributed by atoms with van der Waals surface area (Å²) in [6, 6.07) is -1.05. The monoisotopic (exact) mass is 284 g/mol. The van der Waals surface area contributed by atoms with E-state index in [1.807, 2.05) is 0 Å². The van der Waals surface area contributed by atoms with Gasteiger partial charge in [-0.25, -0.2) is 9.59 Å². The van der Waals surface area contributed by atoms with Crippen molar-refractivity contribution in [3.05, 3.63) is 0 Å². The summed E-state index contributed by atoms with van der Waals surface area (Å²) >= 11 is 0. The molecule has 0 radical (unpaired) electrons. The molecule has 0 aromatic heterocycles. The van der Waals surface area contributed by atoms with Gasteiger partial charge < -0.3 is 15.3 Å². The third kappa shape index (κ3) is 4.69. The number of carboxylic acids is 1. The van der Waals surface area contributed by atoms with Gasteiger partial charge in [0.25, 0.3) is 0 Å². The largest absolute Gasteiger partial charge is 0.480 e. The Morgan fingerprint density at radius 3 is 2.30 bits per heavy atom. The van der Waals surface area contributed by atoms with E-state index in [0.29, 0.717) is 11.8 Å². The number of nitrogens with one attached hydrogen (secondary N) is 1. The molecule has 0 aromatic carbocycles. The molecule has 20 heavy (non-hydrogen) atoms.